The molecule has 1 aliphatic rings. The Bertz CT molecular complexity index is 829. The van der Waals surface area contributed by atoms with Crippen molar-refractivity contribution in [1.82, 2.24) is 24.1 Å². The third-order valence-electron chi connectivity index (χ3n) is 4.40. The van der Waals surface area contributed by atoms with Gasteiger partial charge in [-0.05, 0) is 31.9 Å². The first-order valence-electron chi connectivity index (χ1n) is 8.24. The second kappa shape index (κ2) is 5.77. The lowest BCUT2D eigenvalue weighted by Gasteiger charge is -2.02. The number of aryl methyl sites for hydroxylation is 2. The Morgan fingerprint density at radius 1 is 1.30 bits per heavy atom. The van der Waals surface area contributed by atoms with Crippen LogP contribution < -0.4 is 0 Å². The van der Waals surface area contributed by atoms with E-state index < -0.39 is 0 Å². The molecule has 120 valence electrons. The number of ether oxygens (including phenoxy) is 1. The quantitative estimate of drug-likeness (QED) is 0.743. The van der Waals surface area contributed by atoms with Crippen LogP contribution in [0.4, 0.5) is 0 Å². The second-order valence-corrected chi connectivity index (χ2v) is 6.05. The first-order valence-corrected chi connectivity index (χ1v) is 8.24. The minimum atomic E-state index is 0.309. The number of rotatable bonds is 4. The summed E-state index contributed by atoms with van der Waals surface area (Å²) < 4.78 is 9.59. The smallest absolute Gasteiger partial charge is 0.178 e. The summed E-state index contributed by atoms with van der Waals surface area (Å²) >= 11 is 0. The van der Waals surface area contributed by atoms with Gasteiger partial charge in [0.2, 0.25) is 0 Å². The van der Waals surface area contributed by atoms with E-state index >= 15 is 0 Å². The fourth-order valence-electron chi connectivity index (χ4n) is 3.14. The lowest BCUT2D eigenvalue weighted by molar-refractivity contribution is 0.193. The van der Waals surface area contributed by atoms with E-state index in [4.69, 9.17) is 19.8 Å². The van der Waals surface area contributed by atoms with Gasteiger partial charge in [-0.1, -0.05) is 13.0 Å². The molecule has 0 saturated carbocycles. The Kier molecular flexibility index (Phi) is 3.61. The molecule has 3 aromatic heterocycles. The maximum Gasteiger partial charge on any atom is 0.178 e. The number of pyridine rings is 1. The molecule has 1 fully saturated rings. The Morgan fingerprint density at radius 2 is 2.22 bits per heavy atom. The molecule has 6 heteroatoms. The van der Waals surface area contributed by atoms with E-state index in [1.807, 2.05) is 29.1 Å². The maximum absolute atomic E-state index is 5.49. The Balaban J connectivity index is 1.83. The molecule has 0 aromatic carbocycles. The number of hydrogen-bond donors (Lipinski definition) is 0. The number of nitrogens with zero attached hydrogens (tertiary/aromatic N) is 5. The highest BCUT2D eigenvalue weighted by atomic mass is 16.5. The van der Waals surface area contributed by atoms with Crippen LogP contribution in [0.3, 0.4) is 0 Å². The first-order chi connectivity index (χ1) is 11.3. The zero-order valence-electron chi connectivity index (χ0n) is 13.6. The van der Waals surface area contributed by atoms with Gasteiger partial charge >= 0.3 is 0 Å². The normalized spacial score (nSPS) is 18.1. The van der Waals surface area contributed by atoms with E-state index in [0.717, 1.165) is 61.3 Å². The van der Waals surface area contributed by atoms with Crippen LogP contribution in [-0.4, -0.2) is 37.4 Å². The molecule has 4 rings (SSSR count). The van der Waals surface area contributed by atoms with Gasteiger partial charge in [0.25, 0.3) is 0 Å². The van der Waals surface area contributed by atoms with Crippen molar-refractivity contribution in [2.45, 2.75) is 39.2 Å². The number of fused-ring (bicyclic) bond motifs is 1. The van der Waals surface area contributed by atoms with Crippen molar-refractivity contribution >= 4 is 5.65 Å². The third kappa shape index (κ3) is 2.43. The van der Waals surface area contributed by atoms with Crippen LogP contribution in [-0.2, 0) is 11.3 Å². The Morgan fingerprint density at radius 3 is 2.96 bits per heavy atom. The summed E-state index contributed by atoms with van der Waals surface area (Å²) in [5.74, 6) is 2.07. The molecule has 0 amide bonds. The highest BCUT2D eigenvalue weighted by molar-refractivity contribution is 5.60. The molecule has 1 unspecified atom stereocenters. The molecule has 3 aromatic rings. The van der Waals surface area contributed by atoms with Crippen molar-refractivity contribution in [2.75, 3.05) is 13.2 Å². The van der Waals surface area contributed by atoms with Gasteiger partial charge in [-0.3, -0.25) is 0 Å². The maximum atomic E-state index is 5.49. The van der Waals surface area contributed by atoms with E-state index in [9.17, 15) is 0 Å². The van der Waals surface area contributed by atoms with E-state index in [0.29, 0.717) is 5.92 Å². The molecule has 0 bridgehead atoms. The minimum absolute atomic E-state index is 0.309. The van der Waals surface area contributed by atoms with Crippen LogP contribution in [0.25, 0.3) is 17.2 Å². The van der Waals surface area contributed by atoms with E-state index in [2.05, 4.69) is 18.2 Å². The van der Waals surface area contributed by atoms with Crippen molar-refractivity contribution in [3.05, 3.63) is 35.9 Å². The molecule has 6 nitrogen and oxygen atoms in total. The van der Waals surface area contributed by atoms with Crippen LogP contribution in [0.15, 0.2) is 24.4 Å². The van der Waals surface area contributed by atoms with E-state index in [1.165, 1.54) is 0 Å². The highest BCUT2D eigenvalue weighted by Gasteiger charge is 2.25. The third-order valence-corrected chi connectivity index (χ3v) is 4.40. The topological polar surface area (TPSA) is 57.2 Å². The summed E-state index contributed by atoms with van der Waals surface area (Å²) in [6.45, 7) is 6.61. The van der Waals surface area contributed by atoms with Crippen molar-refractivity contribution in [2.24, 2.45) is 0 Å². The fraction of sp³-hybridized carbons (Fsp3) is 0.471. The van der Waals surface area contributed by atoms with Gasteiger partial charge < -0.3 is 9.14 Å². The summed E-state index contributed by atoms with van der Waals surface area (Å²) in [4.78, 5) is 9.61. The molecule has 1 saturated heterocycles. The summed E-state index contributed by atoms with van der Waals surface area (Å²) in [6.07, 6.45) is 4.05. The average Bonchev–Trinajstić information content (AvgIpc) is 3.27. The predicted molar refractivity (Wildman–Crippen MR) is 87.4 cm³/mol. The molecule has 0 radical (unpaired) electrons. The predicted octanol–water partition coefficient (Wildman–Crippen LogP) is 2.82. The summed E-state index contributed by atoms with van der Waals surface area (Å²) in [5, 5.41) is 4.75. The van der Waals surface area contributed by atoms with E-state index in [1.54, 1.807) is 0 Å². The SMILES string of the molecule is CCCn1nc(C2CCOC2)nc1-c1nc2ccccn2c1C. The zero-order chi connectivity index (χ0) is 15.8. The highest BCUT2D eigenvalue weighted by Crippen LogP contribution is 2.27. The van der Waals surface area contributed by atoms with Gasteiger partial charge in [0.1, 0.15) is 11.3 Å². The van der Waals surface area contributed by atoms with Gasteiger partial charge in [0, 0.05) is 25.3 Å². The van der Waals surface area contributed by atoms with Gasteiger partial charge in [-0.2, -0.15) is 5.10 Å². The zero-order valence-corrected chi connectivity index (χ0v) is 13.6. The van der Waals surface area contributed by atoms with Crippen molar-refractivity contribution in [3.8, 4) is 11.5 Å². The fourth-order valence-corrected chi connectivity index (χ4v) is 3.14. The van der Waals surface area contributed by atoms with Gasteiger partial charge in [0.15, 0.2) is 11.6 Å². The number of imidazole rings is 1. The summed E-state index contributed by atoms with van der Waals surface area (Å²) in [7, 11) is 0. The summed E-state index contributed by atoms with van der Waals surface area (Å²) in [5.41, 5.74) is 2.96. The number of aromatic nitrogens is 5. The molecule has 1 aliphatic heterocycles. The molecule has 23 heavy (non-hydrogen) atoms. The Hall–Kier alpha value is -2.21. The molecule has 4 heterocycles. The van der Waals surface area contributed by atoms with Crippen LogP contribution in [0.5, 0.6) is 0 Å². The van der Waals surface area contributed by atoms with Crippen LogP contribution in [0, 0.1) is 6.92 Å². The van der Waals surface area contributed by atoms with Crippen molar-refractivity contribution in [1.29, 1.82) is 0 Å². The van der Waals surface area contributed by atoms with Gasteiger partial charge in [0.05, 0.1) is 12.3 Å². The largest absolute Gasteiger partial charge is 0.381 e. The average molecular weight is 311 g/mol. The van der Waals surface area contributed by atoms with Crippen molar-refractivity contribution < 1.29 is 4.74 Å². The van der Waals surface area contributed by atoms with Crippen LogP contribution in [0.1, 0.15) is 37.2 Å². The standard InChI is InChI=1S/C17H21N5O/c1-3-8-22-17(19-16(20-22)13-7-10-23-11-13)15-12(2)21-9-5-4-6-14(21)18-15/h4-6,9,13H,3,7-8,10-11H2,1-2H3. The van der Waals surface area contributed by atoms with E-state index in [-0.39, 0.29) is 0 Å². The van der Waals surface area contributed by atoms with Gasteiger partial charge in [-0.25, -0.2) is 14.6 Å². The molecule has 0 aliphatic carbocycles. The number of hydrogen-bond acceptors (Lipinski definition) is 4. The minimum Gasteiger partial charge on any atom is -0.381 e. The Labute approximate surface area is 135 Å². The molecule has 1 atom stereocenters. The molecular weight excluding hydrogens is 290 g/mol. The lowest BCUT2D eigenvalue weighted by Crippen LogP contribution is -2.04. The first kappa shape index (κ1) is 14.4. The molecule has 0 N–H and O–H groups in total. The van der Waals surface area contributed by atoms with Gasteiger partial charge in [-0.15, -0.1) is 0 Å². The second-order valence-electron chi connectivity index (χ2n) is 6.05. The lowest BCUT2D eigenvalue weighted by atomic mass is 10.1. The monoisotopic (exact) mass is 311 g/mol. The molecule has 0 spiro atoms. The van der Waals surface area contributed by atoms with Crippen LogP contribution in [0.2, 0.25) is 0 Å². The van der Waals surface area contributed by atoms with Crippen LogP contribution >= 0.6 is 0 Å². The molecular formula is C17H21N5O. The van der Waals surface area contributed by atoms with Crippen molar-refractivity contribution in [3.63, 3.8) is 0 Å². The summed E-state index contributed by atoms with van der Waals surface area (Å²) in [6, 6.07) is 6.04.